The Morgan fingerprint density at radius 2 is 1.97 bits per heavy atom. The first-order valence-corrected chi connectivity index (χ1v) is 11.3. The van der Waals surface area contributed by atoms with Gasteiger partial charge in [-0.2, -0.15) is 0 Å². The number of rotatable bonds is 5. The minimum atomic E-state index is -1.14. The summed E-state index contributed by atoms with van der Waals surface area (Å²) in [5, 5.41) is 24.7. The lowest BCUT2D eigenvalue weighted by Gasteiger charge is -2.44. The van der Waals surface area contributed by atoms with Gasteiger partial charge in [-0.05, 0) is 56.7 Å². The van der Waals surface area contributed by atoms with E-state index >= 15 is 0 Å². The van der Waals surface area contributed by atoms with Crippen molar-refractivity contribution < 1.29 is 15.0 Å². The van der Waals surface area contributed by atoms with E-state index in [1.54, 1.807) is 12.4 Å². The van der Waals surface area contributed by atoms with Crippen molar-refractivity contribution in [3.63, 3.8) is 0 Å². The molecule has 3 N–H and O–H groups in total. The highest BCUT2D eigenvalue weighted by Gasteiger charge is 2.49. The molecule has 0 aliphatic heterocycles. The predicted octanol–water partition coefficient (Wildman–Crippen LogP) is 4.45. The van der Waals surface area contributed by atoms with Crippen LogP contribution in [0.1, 0.15) is 49.5 Å². The zero-order valence-corrected chi connectivity index (χ0v) is 19.4. The molecule has 2 atom stereocenters. The number of nitrogens with one attached hydrogen (secondary N) is 1. The third-order valence-corrected chi connectivity index (χ3v) is 7.21. The van der Waals surface area contributed by atoms with E-state index in [1.165, 1.54) is 11.3 Å². The highest BCUT2D eigenvalue weighted by Crippen LogP contribution is 2.50. The van der Waals surface area contributed by atoms with Gasteiger partial charge in [0.15, 0.2) is 0 Å². The second kappa shape index (κ2) is 8.22. The Labute approximate surface area is 190 Å². The first-order valence-electron chi connectivity index (χ1n) is 10.5. The average Bonchev–Trinajstić information content (AvgIpc) is 3.17. The van der Waals surface area contributed by atoms with Crippen LogP contribution in [0.15, 0.2) is 30.6 Å². The number of anilines is 2. The number of carbonyl (C=O) groups is 1. The van der Waals surface area contributed by atoms with E-state index < -0.39 is 22.9 Å². The van der Waals surface area contributed by atoms with Crippen molar-refractivity contribution in [2.75, 3.05) is 5.32 Å². The van der Waals surface area contributed by atoms with Crippen LogP contribution in [-0.4, -0.2) is 36.1 Å². The van der Waals surface area contributed by atoms with Crippen molar-refractivity contribution in [3.8, 4) is 10.6 Å². The lowest BCUT2D eigenvalue weighted by Crippen LogP contribution is -2.44. The summed E-state index contributed by atoms with van der Waals surface area (Å²) >= 11 is 1.40. The quantitative estimate of drug-likeness (QED) is 0.518. The number of pyridine rings is 1. The highest BCUT2D eigenvalue weighted by molar-refractivity contribution is 7.15. The first kappa shape index (κ1) is 22.3. The molecule has 1 aliphatic rings. The summed E-state index contributed by atoms with van der Waals surface area (Å²) < 4.78 is 0. The summed E-state index contributed by atoms with van der Waals surface area (Å²) in [4.78, 5) is 30.2. The second-order valence-electron chi connectivity index (χ2n) is 9.19. The summed E-state index contributed by atoms with van der Waals surface area (Å²) in [6, 6.07) is 5.66. The fourth-order valence-corrected chi connectivity index (χ4v) is 5.48. The molecule has 0 spiro atoms. The van der Waals surface area contributed by atoms with E-state index in [0.29, 0.717) is 30.2 Å². The molecule has 1 saturated carbocycles. The van der Waals surface area contributed by atoms with E-state index in [9.17, 15) is 15.0 Å². The fraction of sp³-hybridized carbons (Fsp3) is 0.435. The lowest BCUT2D eigenvalue weighted by atomic mass is 9.63. The van der Waals surface area contributed by atoms with Gasteiger partial charge in [0.1, 0.15) is 10.6 Å². The zero-order chi connectivity index (χ0) is 23.1. The van der Waals surface area contributed by atoms with Gasteiger partial charge >= 0.3 is 5.97 Å². The molecule has 8 nitrogen and oxygen atoms in total. The zero-order valence-electron chi connectivity index (χ0n) is 18.6. The molecular formula is C23H27N5O3S. The number of carboxylic acid groups (broad SMARTS) is 1. The van der Waals surface area contributed by atoms with Crippen molar-refractivity contribution in [3.05, 3.63) is 47.0 Å². The molecule has 0 aromatic carbocycles. The summed E-state index contributed by atoms with van der Waals surface area (Å²) in [5.41, 5.74) is 1.58. The molecule has 0 saturated heterocycles. The maximum Gasteiger partial charge on any atom is 0.307 e. The smallest absolute Gasteiger partial charge is 0.307 e. The van der Waals surface area contributed by atoms with E-state index in [1.807, 2.05) is 45.9 Å². The van der Waals surface area contributed by atoms with Crippen LogP contribution in [0.5, 0.6) is 0 Å². The minimum absolute atomic E-state index is 0.350. The van der Waals surface area contributed by atoms with Crippen molar-refractivity contribution in [1.82, 2.24) is 19.9 Å². The number of aromatic nitrogens is 4. The molecule has 0 bridgehead atoms. The summed E-state index contributed by atoms with van der Waals surface area (Å²) in [5.74, 6) is -0.769. The van der Waals surface area contributed by atoms with Gasteiger partial charge < -0.3 is 15.5 Å². The van der Waals surface area contributed by atoms with Crippen LogP contribution in [0.2, 0.25) is 0 Å². The Morgan fingerprint density at radius 3 is 2.66 bits per heavy atom. The van der Waals surface area contributed by atoms with Crippen molar-refractivity contribution in [2.24, 2.45) is 11.3 Å². The maximum atomic E-state index is 11.6. The molecular weight excluding hydrogens is 426 g/mol. The largest absolute Gasteiger partial charge is 0.481 e. The standard InChI is InChI=1S/C23H27N5O3S/c1-13-6-8-24-21(27-13)28-15-9-14(2)26-17(10-15)18-11-25-20(32-18)23(31)7-5-16(19(29)30)22(3,4)12-23/h6,8-11,16,31H,5,7,12H2,1-4H3,(H,29,30)(H,24,26,27,28)/t16-,23-/m0/s1. The maximum absolute atomic E-state index is 11.6. The van der Waals surface area contributed by atoms with Crippen LogP contribution in [0.4, 0.5) is 11.6 Å². The Hall–Kier alpha value is -2.91. The van der Waals surface area contributed by atoms with Crippen LogP contribution in [0.3, 0.4) is 0 Å². The van der Waals surface area contributed by atoms with E-state index in [2.05, 4.69) is 25.3 Å². The molecule has 3 aromatic rings. The monoisotopic (exact) mass is 453 g/mol. The van der Waals surface area contributed by atoms with Crippen molar-refractivity contribution in [1.29, 1.82) is 0 Å². The number of hydrogen-bond acceptors (Lipinski definition) is 8. The number of aryl methyl sites for hydroxylation is 2. The van der Waals surface area contributed by atoms with Gasteiger partial charge in [0.05, 0.1) is 16.5 Å². The number of thiazole rings is 1. The molecule has 3 heterocycles. The van der Waals surface area contributed by atoms with E-state index in [0.717, 1.165) is 27.6 Å². The molecule has 32 heavy (non-hydrogen) atoms. The van der Waals surface area contributed by atoms with E-state index in [4.69, 9.17) is 0 Å². The van der Waals surface area contributed by atoms with Crippen LogP contribution in [-0.2, 0) is 10.4 Å². The predicted molar refractivity (Wildman–Crippen MR) is 123 cm³/mol. The van der Waals surface area contributed by atoms with Gasteiger partial charge in [0.25, 0.3) is 0 Å². The Morgan fingerprint density at radius 1 is 1.19 bits per heavy atom. The van der Waals surface area contributed by atoms with Crippen LogP contribution >= 0.6 is 11.3 Å². The molecule has 4 rings (SSSR count). The lowest BCUT2D eigenvalue weighted by molar-refractivity contribution is -0.154. The molecule has 168 valence electrons. The molecule has 0 unspecified atom stereocenters. The van der Waals surface area contributed by atoms with Gasteiger partial charge in [-0.3, -0.25) is 9.78 Å². The fourth-order valence-electron chi connectivity index (χ4n) is 4.49. The summed E-state index contributed by atoms with van der Waals surface area (Å²) in [7, 11) is 0. The van der Waals surface area contributed by atoms with Crippen LogP contribution < -0.4 is 5.32 Å². The van der Waals surface area contributed by atoms with Crippen molar-refractivity contribution >= 4 is 28.9 Å². The van der Waals surface area contributed by atoms with Crippen molar-refractivity contribution in [2.45, 2.75) is 52.6 Å². The summed E-state index contributed by atoms with van der Waals surface area (Å²) in [6.07, 6.45) is 4.57. The third kappa shape index (κ3) is 4.49. The Bertz CT molecular complexity index is 1160. The number of aliphatic carboxylic acids is 1. The number of hydrogen-bond donors (Lipinski definition) is 3. The normalized spacial score (nSPS) is 22.5. The van der Waals surface area contributed by atoms with Crippen LogP contribution in [0.25, 0.3) is 10.6 Å². The highest BCUT2D eigenvalue weighted by atomic mass is 32.1. The minimum Gasteiger partial charge on any atom is -0.481 e. The van der Waals surface area contributed by atoms with Gasteiger partial charge in [-0.15, -0.1) is 11.3 Å². The number of aliphatic hydroxyl groups is 1. The van der Waals surface area contributed by atoms with Gasteiger partial charge in [-0.25, -0.2) is 15.0 Å². The first-order chi connectivity index (χ1) is 15.1. The molecule has 0 radical (unpaired) electrons. The van der Waals surface area contributed by atoms with Crippen LogP contribution in [0, 0.1) is 25.2 Å². The SMILES string of the molecule is Cc1cc(Nc2nccc(C)n2)cc(-c2cnc([C@]3(O)CC[C@@H](C(=O)O)C(C)(C)C3)s2)n1. The van der Waals surface area contributed by atoms with Gasteiger partial charge in [0, 0.05) is 29.5 Å². The average molecular weight is 454 g/mol. The van der Waals surface area contributed by atoms with E-state index in [-0.39, 0.29) is 0 Å². The number of carboxylic acids is 1. The third-order valence-electron chi connectivity index (χ3n) is 6.00. The molecule has 9 heteroatoms. The summed E-state index contributed by atoms with van der Waals surface area (Å²) in [6.45, 7) is 7.62. The molecule has 1 fully saturated rings. The number of nitrogens with zero attached hydrogens (tertiary/aromatic N) is 4. The second-order valence-corrected chi connectivity index (χ2v) is 10.2. The van der Waals surface area contributed by atoms with Gasteiger partial charge in [-0.1, -0.05) is 13.8 Å². The Balaban J connectivity index is 1.60. The Kier molecular flexibility index (Phi) is 5.72. The molecule has 0 amide bonds. The van der Waals surface area contributed by atoms with Gasteiger partial charge in [0.2, 0.25) is 5.95 Å². The molecule has 1 aliphatic carbocycles. The topological polar surface area (TPSA) is 121 Å². The molecule has 3 aromatic heterocycles.